The van der Waals surface area contributed by atoms with Gasteiger partial charge in [-0.1, -0.05) is 38.1 Å². The standard InChI is InChI=1S/C22H29N3O3S/c1-17(2)19-7-9-21(10-8-19)29(27,28)25-13-11-24(12-14-25)16-22(26)23-20-6-4-5-18(3)15-20/h4-10,15,17H,11-14,16H2,1-3H3,(H,23,26). The molecule has 2 aromatic carbocycles. The molecule has 1 heterocycles. The summed E-state index contributed by atoms with van der Waals surface area (Å²) in [5.74, 6) is 0.275. The first kappa shape index (κ1) is 21.5. The number of sulfonamides is 1. The summed E-state index contributed by atoms with van der Waals surface area (Å²) >= 11 is 0. The molecule has 1 aliphatic heterocycles. The zero-order valence-corrected chi connectivity index (χ0v) is 18.1. The summed E-state index contributed by atoms with van der Waals surface area (Å²) < 4.78 is 27.3. The van der Waals surface area contributed by atoms with Crippen molar-refractivity contribution < 1.29 is 13.2 Å². The van der Waals surface area contributed by atoms with Crippen LogP contribution in [0.5, 0.6) is 0 Å². The lowest BCUT2D eigenvalue weighted by Gasteiger charge is -2.33. The molecule has 1 fully saturated rings. The molecule has 6 nitrogen and oxygen atoms in total. The molecule has 0 saturated carbocycles. The Kier molecular flexibility index (Phi) is 6.72. The minimum Gasteiger partial charge on any atom is -0.325 e. The van der Waals surface area contributed by atoms with Gasteiger partial charge in [0.05, 0.1) is 11.4 Å². The first-order chi connectivity index (χ1) is 13.8. The van der Waals surface area contributed by atoms with Crippen LogP contribution in [0.25, 0.3) is 0 Å². The fourth-order valence-electron chi connectivity index (χ4n) is 3.43. The van der Waals surface area contributed by atoms with Gasteiger partial charge < -0.3 is 5.32 Å². The van der Waals surface area contributed by atoms with Crippen molar-refractivity contribution in [1.82, 2.24) is 9.21 Å². The van der Waals surface area contributed by atoms with Crippen LogP contribution in [-0.4, -0.2) is 56.3 Å². The van der Waals surface area contributed by atoms with Gasteiger partial charge in [0.1, 0.15) is 0 Å². The van der Waals surface area contributed by atoms with E-state index in [1.807, 2.05) is 48.2 Å². The van der Waals surface area contributed by atoms with Gasteiger partial charge >= 0.3 is 0 Å². The van der Waals surface area contributed by atoms with Gasteiger partial charge in [0.25, 0.3) is 0 Å². The van der Waals surface area contributed by atoms with Gasteiger partial charge in [0.15, 0.2) is 0 Å². The molecule has 1 aliphatic rings. The number of nitrogens with zero attached hydrogens (tertiary/aromatic N) is 2. The lowest BCUT2D eigenvalue weighted by Crippen LogP contribution is -2.50. The van der Waals surface area contributed by atoms with Crippen LogP contribution in [0.1, 0.15) is 30.9 Å². The van der Waals surface area contributed by atoms with Crippen molar-refractivity contribution in [3.63, 3.8) is 0 Å². The van der Waals surface area contributed by atoms with Crippen molar-refractivity contribution in [1.29, 1.82) is 0 Å². The van der Waals surface area contributed by atoms with Crippen molar-refractivity contribution in [2.24, 2.45) is 0 Å². The zero-order chi connectivity index (χ0) is 21.0. The number of benzene rings is 2. The molecule has 0 aliphatic carbocycles. The van der Waals surface area contributed by atoms with E-state index >= 15 is 0 Å². The maximum atomic E-state index is 12.9. The summed E-state index contributed by atoms with van der Waals surface area (Å²) in [6.45, 7) is 8.22. The minimum atomic E-state index is -3.50. The van der Waals surface area contributed by atoms with Gasteiger partial charge in [-0.3, -0.25) is 9.69 Å². The fourth-order valence-corrected chi connectivity index (χ4v) is 4.85. The highest BCUT2D eigenvalue weighted by atomic mass is 32.2. The normalized spacial score (nSPS) is 16.1. The van der Waals surface area contributed by atoms with E-state index in [-0.39, 0.29) is 12.5 Å². The molecule has 2 aromatic rings. The molecular formula is C22H29N3O3S. The molecular weight excluding hydrogens is 386 g/mol. The van der Waals surface area contributed by atoms with E-state index in [1.165, 1.54) is 4.31 Å². The van der Waals surface area contributed by atoms with E-state index in [4.69, 9.17) is 0 Å². The zero-order valence-electron chi connectivity index (χ0n) is 17.3. The lowest BCUT2D eigenvalue weighted by molar-refractivity contribution is -0.117. The van der Waals surface area contributed by atoms with Gasteiger partial charge in [0, 0.05) is 31.9 Å². The third kappa shape index (κ3) is 5.44. The third-order valence-corrected chi connectivity index (χ3v) is 7.10. The molecule has 0 unspecified atom stereocenters. The maximum Gasteiger partial charge on any atom is 0.243 e. The van der Waals surface area contributed by atoms with Gasteiger partial charge in [-0.2, -0.15) is 4.31 Å². The topological polar surface area (TPSA) is 69.7 Å². The Morgan fingerprint density at radius 3 is 2.28 bits per heavy atom. The van der Waals surface area contributed by atoms with E-state index in [0.29, 0.717) is 37.0 Å². The Labute approximate surface area is 173 Å². The Morgan fingerprint density at radius 2 is 1.69 bits per heavy atom. The molecule has 0 bridgehead atoms. The summed E-state index contributed by atoms with van der Waals surface area (Å²) in [7, 11) is -3.50. The molecule has 7 heteroatoms. The number of aryl methyl sites for hydroxylation is 1. The first-order valence-corrected chi connectivity index (χ1v) is 11.4. The number of carbonyl (C=O) groups excluding carboxylic acids is 1. The van der Waals surface area contributed by atoms with Gasteiger partial charge in [-0.25, -0.2) is 8.42 Å². The van der Waals surface area contributed by atoms with Crippen LogP contribution >= 0.6 is 0 Å². The second kappa shape index (κ2) is 9.07. The molecule has 3 rings (SSSR count). The highest BCUT2D eigenvalue weighted by Crippen LogP contribution is 2.21. The summed E-state index contributed by atoms with van der Waals surface area (Å²) in [4.78, 5) is 14.6. The second-order valence-electron chi connectivity index (χ2n) is 7.82. The average molecular weight is 416 g/mol. The van der Waals surface area contributed by atoms with Crippen molar-refractivity contribution in [3.8, 4) is 0 Å². The van der Waals surface area contributed by atoms with Crippen LogP contribution in [0.4, 0.5) is 5.69 Å². The van der Waals surface area contributed by atoms with Crippen LogP contribution in [0.3, 0.4) is 0 Å². The fraction of sp³-hybridized carbons (Fsp3) is 0.409. The van der Waals surface area contributed by atoms with Crippen LogP contribution in [0.15, 0.2) is 53.4 Å². The van der Waals surface area contributed by atoms with Crippen molar-refractivity contribution >= 4 is 21.6 Å². The number of hydrogen-bond donors (Lipinski definition) is 1. The molecule has 29 heavy (non-hydrogen) atoms. The largest absolute Gasteiger partial charge is 0.325 e. The molecule has 1 saturated heterocycles. The number of hydrogen-bond acceptors (Lipinski definition) is 4. The quantitative estimate of drug-likeness (QED) is 0.787. The van der Waals surface area contributed by atoms with Crippen LogP contribution < -0.4 is 5.32 Å². The predicted octanol–water partition coefficient (Wildman–Crippen LogP) is 3.06. The Hall–Kier alpha value is -2.22. The smallest absolute Gasteiger partial charge is 0.243 e. The molecule has 1 amide bonds. The Balaban J connectivity index is 1.54. The molecule has 0 radical (unpaired) electrons. The van der Waals surface area contributed by atoms with Crippen molar-refractivity contribution in [2.45, 2.75) is 31.6 Å². The first-order valence-electron chi connectivity index (χ1n) is 9.94. The molecule has 1 N–H and O–H groups in total. The third-order valence-electron chi connectivity index (χ3n) is 5.18. The predicted molar refractivity (Wildman–Crippen MR) is 116 cm³/mol. The number of piperazine rings is 1. The summed E-state index contributed by atoms with van der Waals surface area (Å²) in [5.41, 5.74) is 2.98. The van der Waals surface area contributed by atoms with Gasteiger partial charge in [-0.05, 0) is 48.2 Å². The Morgan fingerprint density at radius 1 is 1.03 bits per heavy atom. The van der Waals surface area contributed by atoms with Crippen LogP contribution in [-0.2, 0) is 14.8 Å². The summed E-state index contributed by atoms with van der Waals surface area (Å²) in [5, 5.41) is 2.90. The number of amides is 1. The van der Waals surface area contributed by atoms with E-state index in [0.717, 1.165) is 16.8 Å². The average Bonchev–Trinajstić information content (AvgIpc) is 2.68. The summed E-state index contributed by atoms with van der Waals surface area (Å²) in [6.07, 6.45) is 0. The van der Waals surface area contributed by atoms with Gasteiger partial charge in [0.2, 0.25) is 15.9 Å². The van der Waals surface area contributed by atoms with Crippen molar-refractivity contribution in [2.75, 3.05) is 38.0 Å². The number of carbonyl (C=O) groups is 1. The van der Waals surface area contributed by atoms with Crippen LogP contribution in [0.2, 0.25) is 0 Å². The van der Waals surface area contributed by atoms with Gasteiger partial charge in [-0.15, -0.1) is 0 Å². The highest BCUT2D eigenvalue weighted by molar-refractivity contribution is 7.89. The minimum absolute atomic E-state index is 0.0869. The number of nitrogens with one attached hydrogen (secondary N) is 1. The second-order valence-corrected chi connectivity index (χ2v) is 9.76. The van der Waals surface area contributed by atoms with E-state index < -0.39 is 10.0 Å². The summed E-state index contributed by atoms with van der Waals surface area (Å²) in [6, 6.07) is 14.8. The Bertz CT molecular complexity index is 948. The number of anilines is 1. The SMILES string of the molecule is Cc1cccc(NC(=O)CN2CCN(S(=O)(=O)c3ccc(C(C)C)cc3)CC2)c1. The lowest BCUT2D eigenvalue weighted by atomic mass is 10.0. The molecule has 0 atom stereocenters. The van der Waals surface area contributed by atoms with E-state index in [2.05, 4.69) is 19.2 Å². The molecule has 0 spiro atoms. The van der Waals surface area contributed by atoms with Crippen molar-refractivity contribution in [3.05, 3.63) is 59.7 Å². The maximum absolute atomic E-state index is 12.9. The van der Waals surface area contributed by atoms with Crippen LogP contribution in [0, 0.1) is 6.92 Å². The molecule has 0 aromatic heterocycles. The highest BCUT2D eigenvalue weighted by Gasteiger charge is 2.29. The number of rotatable bonds is 6. The van der Waals surface area contributed by atoms with E-state index in [9.17, 15) is 13.2 Å². The molecule has 156 valence electrons. The monoisotopic (exact) mass is 415 g/mol. The van der Waals surface area contributed by atoms with E-state index in [1.54, 1.807) is 12.1 Å².